The molecule has 1 amide bonds. The van der Waals surface area contributed by atoms with Gasteiger partial charge in [-0.3, -0.25) is 9.79 Å². The number of hydrogen-bond donors (Lipinski definition) is 1. The zero-order valence-corrected chi connectivity index (χ0v) is 19.0. The van der Waals surface area contributed by atoms with Crippen LogP contribution in [-0.2, 0) is 24.4 Å². The minimum absolute atomic E-state index is 0. The van der Waals surface area contributed by atoms with Crippen LogP contribution < -0.4 is 5.32 Å². The zero-order chi connectivity index (χ0) is 18.4. The monoisotopic (exact) mass is 498 g/mol. The Morgan fingerprint density at radius 3 is 2.56 bits per heavy atom. The van der Waals surface area contributed by atoms with E-state index in [1.54, 1.807) is 18.4 Å². The van der Waals surface area contributed by atoms with Gasteiger partial charge in [-0.25, -0.2) is 0 Å². The second-order valence-corrected chi connectivity index (χ2v) is 7.36. The van der Waals surface area contributed by atoms with Crippen molar-refractivity contribution in [2.75, 3.05) is 20.6 Å². The summed E-state index contributed by atoms with van der Waals surface area (Å²) in [6.07, 6.45) is 1.36. The van der Waals surface area contributed by atoms with E-state index in [-0.39, 0.29) is 29.9 Å². The summed E-state index contributed by atoms with van der Waals surface area (Å²) < 4.78 is 0. The topological polar surface area (TPSA) is 47.9 Å². The Bertz CT molecular complexity index is 738. The van der Waals surface area contributed by atoms with Crippen molar-refractivity contribution in [1.29, 1.82) is 0 Å². The maximum absolute atomic E-state index is 12.4. The molecule has 1 N–H and O–H groups in total. The Balaban J connectivity index is 0.00000261. The van der Waals surface area contributed by atoms with Gasteiger partial charge in [0, 0.05) is 46.7 Å². The van der Waals surface area contributed by atoms with E-state index in [9.17, 15) is 4.79 Å². The van der Waals surface area contributed by atoms with Crippen LogP contribution in [0.5, 0.6) is 0 Å². The number of nitrogens with zero attached hydrogens (tertiary/aromatic N) is 3. The van der Waals surface area contributed by atoms with E-state index in [1.807, 2.05) is 24.1 Å². The van der Waals surface area contributed by atoms with Crippen LogP contribution in [0.2, 0.25) is 0 Å². The smallest absolute Gasteiger partial charge is 0.223 e. The molecule has 0 saturated carbocycles. The van der Waals surface area contributed by atoms with Crippen LogP contribution in [0, 0.1) is 0 Å². The van der Waals surface area contributed by atoms with Crippen molar-refractivity contribution in [1.82, 2.24) is 15.1 Å². The van der Waals surface area contributed by atoms with E-state index < -0.39 is 0 Å². The quantitative estimate of drug-likeness (QED) is 0.286. The van der Waals surface area contributed by atoms with Gasteiger partial charge >= 0.3 is 0 Å². The highest BCUT2D eigenvalue weighted by Gasteiger charge is 2.22. The SMILES string of the molecule is CN=C(NCCCC(=O)N1Cc2ccccc2C1)N(C)Cc1ccsc1.I. The first-order valence-corrected chi connectivity index (χ1v) is 9.89. The maximum atomic E-state index is 12.4. The number of nitrogens with one attached hydrogen (secondary N) is 1. The molecular formula is C20H27IN4OS. The van der Waals surface area contributed by atoms with E-state index in [1.165, 1.54) is 16.7 Å². The number of benzene rings is 1. The van der Waals surface area contributed by atoms with Crippen molar-refractivity contribution in [2.24, 2.45) is 4.99 Å². The van der Waals surface area contributed by atoms with Crippen molar-refractivity contribution in [3.05, 3.63) is 57.8 Å². The molecule has 7 heteroatoms. The van der Waals surface area contributed by atoms with Gasteiger partial charge in [-0.05, 0) is 39.9 Å². The molecule has 1 aromatic heterocycles. The summed E-state index contributed by atoms with van der Waals surface area (Å²) in [5.74, 6) is 1.09. The number of hydrogen-bond acceptors (Lipinski definition) is 3. The number of carbonyl (C=O) groups excluding carboxylic acids is 1. The first kappa shape index (κ1) is 21.7. The third kappa shape index (κ3) is 5.93. The lowest BCUT2D eigenvalue weighted by molar-refractivity contribution is -0.131. The molecule has 1 aliphatic heterocycles. The first-order valence-electron chi connectivity index (χ1n) is 8.95. The Morgan fingerprint density at radius 1 is 1.26 bits per heavy atom. The van der Waals surface area contributed by atoms with E-state index in [0.717, 1.165) is 38.6 Å². The summed E-state index contributed by atoms with van der Waals surface area (Å²) >= 11 is 1.70. The summed E-state index contributed by atoms with van der Waals surface area (Å²) in [4.78, 5) is 20.8. The van der Waals surface area contributed by atoms with Crippen molar-refractivity contribution < 1.29 is 4.79 Å². The van der Waals surface area contributed by atoms with Crippen LogP contribution in [0.15, 0.2) is 46.1 Å². The van der Waals surface area contributed by atoms with E-state index in [4.69, 9.17) is 0 Å². The zero-order valence-electron chi connectivity index (χ0n) is 15.9. The predicted molar refractivity (Wildman–Crippen MR) is 122 cm³/mol. The molecule has 0 aliphatic carbocycles. The molecule has 1 aliphatic rings. The normalized spacial score (nSPS) is 13.1. The highest BCUT2D eigenvalue weighted by Crippen LogP contribution is 2.22. The van der Waals surface area contributed by atoms with Crippen LogP contribution in [-0.4, -0.2) is 42.3 Å². The van der Waals surface area contributed by atoms with E-state index in [0.29, 0.717) is 6.42 Å². The molecule has 0 fully saturated rings. The summed E-state index contributed by atoms with van der Waals surface area (Å²) in [5, 5.41) is 7.59. The van der Waals surface area contributed by atoms with E-state index in [2.05, 4.69) is 44.2 Å². The Hall–Kier alpha value is -1.61. The Kier molecular flexibility index (Phi) is 8.56. The molecule has 0 radical (unpaired) electrons. The number of thiophene rings is 1. The van der Waals surface area contributed by atoms with Crippen molar-refractivity contribution in [3.63, 3.8) is 0 Å². The number of fused-ring (bicyclic) bond motifs is 1. The maximum Gasteiger partial charge on any atom is 0.223 e. The van der Waals surface area contributed by atoms with Gasteiger partial charge in [0.05, 0.1) is 0 Å². The highest BCUT2D eigenvalue weighted by atomic mass is 127. The van der Waals surface area contributed by atoms with Gasteiger partial charge in [0.1, 0.15) is 0 Å². The lowest BCUT2D eigenvalue weighted by Crippen LogP contribution is -2.39. The fourth-order valence-corrected chi connectivity index (χ4v) is 3.88. The van der Waals surface area contributed by atoms with Crippen LogP contribution >= 0.6 is 35.3 Å². The second kappa shape index (κ2) is 10.7. The van der Waals surface area contributed by atoms with Gasteiger partial charge in [0.25, 0.3) is 0 Å². The summed E-state index contributed by atoms with van der Waals surface area (Å²) in [5.41, 5.74) is 3.83. The number of aliphatic imine (C=N–C) groups is 1. The highest BCUT2D eigenvalue weighted by molar-refractivity contribution is 14.0. The molecule has 146 valence electrons. The molecule has 1 aromatic carbocycles. The number of rotatable bonds is 6. The van der Waals surface area contributed by atoms with Crippen molar-refractivity contribution in [3.8, 4) is 0 Å². The number of halogens is 1. The summed E-state index contributed by atoms with van der Waals surface area (Å²) in [6.45, 7) is 3.06. The van der Waals surface area contributed by atoms with Gasteiger partial charge in [0.15, 0.2) is 5.96 Å². The van der Waals surface area contributed by atoms with Crippen LogP contribution in [0.1, 0.15) is 29.5 Å². The minimum atomic E-state index is 0. The molecule has 0 atom stereocenters. The minimum Gasteiger partial charge on any atom is -0.356 e. The predicted octanol–water partition coefficient (Wildman–Crippen LogP) is 3.70. The largest absolute Gasteiger partial charge is 0.356 e. The Labute approximate surface area is 182 Å². The average Bonchev–Trinajstić information content (AvgIpc) is 3.30. The number of amides is 1. The molecule has 0 saturated heterocycles. The van der Waals surface area contributed by atoms with Crippen LogP contribution in [0.4, 0.5) is 0 Å². The molecular weight excluding hydrogens is 471 g/mol. The molecule has 0 spiro atoms. The standard InChI is InChI=1S/C20H26N4OS.HI/c1-21-20(23(2)12-16-9-11-26-15-16)22-10-5-8-19(25)24-13-17-6-3-4-7-18(17)14-24;/h3-4,6-7,9,11,15H,5,8,10,12-14H2,1-2H3,(H,21,22);1H. The summed E-state index contributed by atoms with van der Waals surface area (Å²) in [6, 6.07) is 10.4. The summed E-state index contributed by atoms with van der Waals surface area (Å²) in [7, 11) is 3.82. The first-order chi connectivity index (χ1) is 12.7. The molecule has 2 heterocycles. The van der Waals surface area contributed by atoms with Gasteiger partial charge < -0.3 is 15.1 Å². The van der Waals surface area contributed by atoms with Gasteiger partial charge in [-0.15, -0.1) is 24.0 Å². The fraction of sp³-hybridized carbons (Fsp3) is 0.400. The van der Waals surface area contributed by atoms with Gasteiger partial charge in [-0.2, -0.15) is 11.3 Å². The lowest BCUT2D eigenvalue weighted by Gasteiger charge is -2.22. The average molecular weight is 498 g/mol. The molecule has 5 nitrogen and oxygen atoms in total. The third-order valence-corrected chi connectivity index (χ3v) is 5.35. The third-order valence-electron chi connectivity index (χ3n) is 4.62. The molecule has 27 heavy (non-hydrogen) atoms. The molecule has 2 aromatic rings. The van der Waals surface area contributed by atoms with Crippen molar-refractivity contribution in [2.45, 2.75) is 32.5 Å². The van der Waals surface area contributed by atoms with Crippen LogP contribution in [0.25, 0.3) is 0 Å². The molecule has 0 bridgehead atoms. The molecule has 0 unspecified atom stereocenters. The van der Waals surface area contributed by atoms with Crippen LogP contribution in [0.3, 0.4) is 0 Å². The van der Waals surface area contributed by atoms with E-state index >= 15 is 0 Å². The number of guanidine groups is 1. The fourth-order valence-electron chi connectivity index (χ4n) is 3.22. The number of carbonyl (C=O) groups is 1. The molecule has 3 rings (SSSR count). The second-order valence-electron chi connectivity index (χ2n) is 6.58. The van der Waals surface area contributed by atoms with Crippen molar-refractivity contribution >= 4 is 47.2 Å². The van der Waals surface area contributed by atoms with Gasteiger partial charge in [0.2, 0.25) is 5.91 Å². The Morgan fingerprint density at radius 2 is 1.96 bits per heavy atom. The lowest BCUT2D eigenvalue weighted by atomic mass is 10.1. The van der Waals surface area contributed by atoms with Gasteiger partial charge in [-0.1, -0.05) is 24.3 Å².